The second-order valence-corrected chi connectivity index (χ2v) is 5.63. The van der Waals surface area contributed by atoms with Crippen molar-refractivity contribution >= 4 is 16.7 Å². The molecule has 0 aliphatic carbocycles. The summed E-state index contributed by atoms with van der Waals surface area (Å²) in [6.07, 6.45) is 1.58. The molecule has 0 fully saturated rings. The Kier molecular flexibility index (Phi) is 4.63. The molecule has 1 unspecified atom stereocenters. The highest BCUT2D eigenvalue weighted by Gasteiger charge is 2.07. The Balaban J connectivity index is 2.02. The fourth-order valence-electron chi connectivity index (χ4n) is 1.72. The van der Waals surface area contributed by atoms with Crippen LogP contribution in [-0.4, -0.2) is 16.4 Å². The average Bonchev–Trinajstić information content (AvgIpc) is 2.46. The normalized spacial score (nSPS) is 11.9. The maximum atomic E-state index is 13.4. The van der Waals surface area contributed by atoms with Crippen molar-refractivity contribution in [2.45, 2.75) is 11.4 Å². The summed E-state index contributed by atoms with van der Waals surface area (Å²) in [4.78, 5) is 12.6. The van der Waals surface area contributed by atoms with E-state index in [4.69, 9.17) is 0 Å². The molecule has 2 aromatic rings. The van der Waals surface area contributed by atoms with Gasteiger partial charge in [0, 0.05) is 39.6 Å². The molecule has 20 heavy (non-hydrogen) atoms. The molecule has 104 valence electrons. The fraction of sp³-hybridized carbons (Fsp3) is 0.133. The van der Waals surface area contributed by atoms with Gasteiger partial charge in [0.15, 0.2) is 0 Å². The van der Waals surface area contributed by atoms with Gasteiger partial charge >= 0.3 is 0 Å². The zero-order valence-corrected chi connectivity index (χ0v) is 11.7. The van der Waals surface area contributed by atoms with Crippen LogP contribution in [-0.2, 0) is 17.3 Å². The molecule has 0 bridgehead atoms. The first-order chi connectivity index (χ1) is 9.58. The maximum Gasteiger partial charge on any atom is 0.251 e. The number of benzene rings is 2. The van der Waals surface area contributed by atoms with Gasteiger partial charge in [0.25, 0.3) is 5.91 Å². The number of carbonyl (C=O) groups excluding carboxylic acids is 1. The quantitative estimate of drug-likeness (QED) is 0.940. The van der Waals surface area contributed by atoms with E-state index < -0.39 is 10.8 Å². The monoisotopic (exact) mass is 291 g/mol. The van der Waals surface area contributed by atoms with E-state index in [-0.39, 0.29) is 18.3 Å². The van der Waals surface area contributed by atoms with E-state index in [1.807, 2.05) is 0 Å². The van der Waals surface area contributed by atoms with Gasteiger partial charge in [0.2, 0.25) is 0 Å². The molecule has 0 heterocycles. The molecule has 3 nitrogen and oxygen atoms in total. The number of hydrogen-bond donors (Lipinski definition) is 1. The number of carbonyl (C=O) groups is 1. The van der Waals surface area contributed by atoms with Crippen molar-refractivity contribution in [1.82, 2.24) is 5.32 Å². The largest absolute Gasteiger partial charge is 0.348 e. The highest BCUT2D eigenvalue weighted by atomic mass is 32.2. The van der Waals surface area contributed by atoms with Crippen LogP contribution >= 0.6 is 0 Å². The van der Waals surface area contributed by atoms with Crippen LogP contribution in [0.15, 0.2) is 53.4 Å². The number of rotatable bonds is 4. The van der Waals surface area contributed by atoms with Gasteiger partial charge in [-0.25, -0.2) is 4.39 Å². The van der Waals surface area contributed by atoms with Gasteiger partial charge in [-0.1, -0.05) is 18.2 Å². The summed E-state index contributed by atoms with van der Waals surface area (Å²) in [5.41, 5.74) is 0.891. The SMILES string of the molecule is CS(=O)c1ccc(C(=O)NCc2ccccc2F)cc1. The van der Waals surface area contributed by atoms with Crippen molar-refractivity contribution in [2.75, 3.05) is 6.26 Å². The van der Waals surface area contributed by atoms with Crippen LogP contribution in [0.2, 0.25) is 0 Å². The molecule has 0 saturated carbocycles. The molecule has 0 radical (unpaired) electrons. The Morgan fingerprint density at radius 1 is 1.15 bits per heavy atom. The van der Waals surface area contributed by atoms with Gasteiger partial charge in [-0.2, -0.15) is 0 Å². The first kappa shape index (κ1) is 14.4. The minimum absolute atomic E-state index is 0.132. The summed E-state index contributed by atoms with van der Waals surface area (Å²) in [6.45, 7) is 0.132. The van der Waals surface area contributed by atoms with Crippen LogP contribution in [0.4, 0.5) is 4.39 Å². The molecule has 0 aromatic heterocycles. The number of amides is 1. The standard InChI is InChI=1S/C15H14FNO2S/c1-20(19)13-8-6-11(7-9-13)15(18)17-10-12-4-2-3-5-14(12)16/h2-9H,10H2,1H3,(H,17,18). The van der Waals surface area contributed by atoms with Crippen LogP contribution in [0.3, 0.4) is 0 Å². The predicted octanol–water partition coefficient (Wildman–Crippen LogP) is 2.49. The lowest BCUT2D eigenvalue weighted by Crippen LogP contribution is -2.23. The Labute approximate surface area is 119 Å². The lowest BCUT2D eigenvalue weighted by atomic mass is 10.2. The van der Waals surface area contributed by atoms with Crippen LogP contribution < -0.4 is 5.32 Å². The smallest absolute Gasteiger partial charge is 0.251 e. The Bertz CT molecular complexity index is 641. The summed E-state index contributed by atoms with van der Waals surface area (Å²) in [5, 5.41) is 2.65. The first-order valence-corrected chi connectivity index (χ1v) is 7.59. The summed E-state index contributed by atoms with van der Waals surface area (Å²) >= 11 is 0. The third-order valence-electron chi connectivity index (χ3n) is 2.85. The highest BCUT2D eigenvalue weighted by molar-refractivity contribution is 7.84. The topological polar surface area (TPSA) is 46.2 Å². The van der Waals surface area contributed by atoms with Crippen LogP contribution in [0.25, 0.3) is 0 Å². The Morgan fingerprint density at radius 2 is 1.80 bits per heavy atom. The summed E-state index contributed by atoms with van der Waals surface area (Å²) < 4.78 is 24.6. The van der Waals surface area contributed by atoms with Gasteiger partial charge in [-0.15, -0.1) is 0 Å². The summed E-state index contributed by atoms with van der Waals surface area (Å²) in [5.74, 6) is -0.633. The Hall–Kier alpha value is -2.01. The maximum absolute atomic E-state index is 13.4. The van der Waals surface area contributed by atoms with Crippen molar-refractivity contribution in [1.29, 1.82) is 0 Å². The van der Waals surface area contributed by atoms with Crippen molar-refractivity contribution in [2.24, 2.45) is 0 Å². The molecular formula is C15H14FNO2S. The second kappa shape index (κ2) is 6.43. The second-order valence-electron chi connectivity index (χ2n) is 4.25. The van der Waals surface area contributed by atoms with Gasteiger partial charge < -0.3 is 5.32 Å². The Morgan fingerprint density at radius 3 is 2.40 bits per heavy atom. The minimum atomic E-state index is -1.07. The van der Waals surface area contributed by atoms with Gasteiger partial charge in [-0.05, 0) is 30.3 Å². The lowest BCUT2D eigenvalue weighted by Gasteiger charge is -2.06. The molecule has 5 heteroatoms. The van der Waals surface area contributed by atoms with Crippen molar-refractivity contribution in [3.05, 3.63) is 65.5 Å². The molecular weight excluding hydrogens is 277 g/mol. The molecule has 0 aliphatic heterocycles. The zero-order chi connectivity index (χ0) is 14.5. The number of halogens is 1. The third kappa shape index (κ3) is 3.51. The number of hydrogen-bond acceptors (Lipinski definition) is 2. The van der Waals surface area contributed by atoms with E-state index in [2.05, 4.69) is 5.32 Å². The summed E-state index contributed by atoms with van der Waals surface area (Å²) in [6, 6.07) is 12.8. The van der Waals surface area contributed by atoms with E-state index in [0.717, 1.165) is 0 Å². The number of nitrogens with one attached hydrogen (secondary N) is 1. The molecule has 2 rings (SSSR count). The van der Waals surface area contributed by atoms with Crippen molar-refractivity contribution in [3.63, 3.8) is 0 Å². The third-order valence-corrected chi connectivity index (χ3v) is 3.78. The van der Waals surface area contributed by atoms with E-state index in [9.17, 15) is 13.4 Å². The molecule has 1 N–H and O–H groups in total. The molecule has 1 amide bonds. The van der Waals surface area contributed by atoms with Crippen LogP contribution in [0.5, 0.6) is 0 Å². The molecule has 0 aliphatic rings. The van der Waals surface area contributed by atoms with Crippen LogP contribution in [0.1, 0.15) is 15.9 Å². The average molecular weight is 291 g/mol. The first-order valence-electron chi connectivity index (χ1n) is 6.03. The van der Waals surface area contributed by atoms with Gasteiger partial charge in [-0.3, -0.25) is 9.00 Å². The molecule has 0 saturated heterocycles. The van der Waals surface area contributed by atoms with E-state index >= 15 is 0 Å². The predicted molar refractivity (Wildman–Crippen MR) is 76.3 cm³/mol. The van der Waals surface area contributed by atoms with Gasteiger partial charge in [0.05, 0.1) is 0 Å². The minimum Gasteiger partial charge on any atom is -0.348 e. The molecule has 1 atom stereocenters. The molecule has 2 aromatic carbocycles. The van der Waals surface area contributed by atoms with Crippen molar-refractivity contribution in [3.8, 4) is 0 Å². The summed E-state index contributed by atoms with van der Waals surface area (Å²) in [7, 11) is -1.07. The molecule has 0 spiro atoms. The van der Waals surface area contributed by atoms with Gasteiger partial charge in [0.1, 0.15) is 5.82 Å². The van der Waals surface area contributed by atoms with E-state index in [1.54, 1.807) is 48.7 Å². The van der Waals surface area contributed by atoms with Crippen LogP contribution in [0, 0.1) is 5.82 Å². The lowest BCUT2D eigenvalue weighted by molar-refractivity contribution is 0.0950. The van der Waals surface area contributed by atoms with E-state index in [1.165, 1.54) is 6.07 Å². The fourth-order valence-corrected chi connectivity index (χ4v) is 2.24. The highest BCUT2D eigenvalue weighted by Crippen LogP contribution is 2.09. The van der Waals surface area contributed by atoms with Crippen molar-refractivity contribution < 1.29 is 13.4 Å². The zero-order valence-electron chi connectivity index (χ0n) is 10.9. The van der Waals surface area contributed by atoms with E-state index in [0.29, 0.717) is 16.0 Å².